The zero-order valence-electron chi connectivity index (χ0n) is 37.6. The van der Waals surface area contributed by atoms with E-state index < -0.39 is 0 Å². The Bertz CT molecular complexity index is 3940. The van der Waals surface area contributed by atoms with Crippen LogP contribution in [0.25, 0.3) is 99.9 Å². The molecule has 0 aliphatic rings. The molecule has 0 saturated heterocycles. The van der Waals surface area contributed by atoms with Crippen molar-refractivity contribution in [3.8, 4) is 56.3 Å². The second-order valence-corrected chi connectivity index (χ2v) is 17.4. The number of anilines is 3. The van der Waals surface area contributed by atoms with Crippen LogP contribution >= 0.6 is 0 Å². The summed E-state index contributed by atoms with van der Waals surface area (Å²) in [6, 6.07) is 90.9. The molecule has 5 heteroatoms. The molecule has 3 heterocycles. The molecule has 3 aromatic heterocycles. The highest BCUT2D eigenvalue weighted by Gasteiger charge is 2.24. The van der Waals surface area contributed by atoms with E-state index in [0.717, 1.165) is 78.5 Å². The van der Waals surface area contributed by atoms with Gasteiger partial charge in [0.25, 0.3) is 0 Å². The lowest BCUT2D eigenvalue weighted by Crippen LogP contribution is -2.13. The van der Waals surface area contributed by atoms with Crippen LogP contribution in [0.2, 0.25) is 0 Å². The van der Waals surface area contributed by atoms with E-state index in [0.29, 0.717) is 5.82 Å². The first-order chi connectivity index (χ1) is 34.2. The van der Waals surface area contributed by atoms with Gasteiger partial charge in [-0.3, -0.25) is 0 Å². The van der Waals surface area contributed by atoms with Crippen LogP contribution in [-0.4, -0.2) is 19.1 Å². The number of hydrogen-bond acceptors (Lipinski definition) is 3. The number of fused-ring (bicyclic) bond motifs is 6. The van der Waals surface area contributed by atoms with E-state index in [1.165, 1.54) is 32.6 Å². The molecule has 0 aliphatic heterocycles. The molecule has 0 spiro atoms. The van der Waals surface area contributed by atoms with Crippen LogP contribution in [0.5, 0.6) is 0 Å². The largest absolute Gasteiger partial charge is 0.309 e. The van der Waals surface area contributed by atoms with Gasteiger partial charge in [0.2, 0.25) is 0 Å². The van der Waals surface area contributed by atoms with Gasteiger partial charge in [0, 0.05) is 61.0 Å². The summed E-state index contributed by atoms with van der Waals surface area (Å²) in [6.45, 7) is 0. The molecule has 0 bridgehead atoms. The lowest BCUT2D eigenvalue weighted by Gasteiger charge is -2.28. The van der Waals surface area contributed by atoms with Crippen molar-refractivity contribution in [2.45, 2.75) is 0 Å². The normalized spacial score (nSPS) is 11.5. The van der Waals surface area contributed by atoms with E-state index in [2.05, 4.69) is 251 Å². The first kappa shape index (κ1) is 40.0. The van der Waals surface area contributed by atoms with Gasteiger partial charge in [0.1, 0.15) is 0 Å². The monoisotopic (exact) mass is 881 g/mol. The molecule has 0 aliphatic carbocycles. The maximum atomic E-state index is 5.38. The van der Waals surface area contributed by atoms with Gasteiger partial charge in [0.15, 0.2) is 5.82 Å². The van der Waals surface area contributed by atoms with Crippen molar-refractivity contribution in [1.29, 1.82) is 0 Å². The van der Waals surface area contributed by atoms with Crippen molar-refractivity contribution >= 4 is 60.7 Å². The van der Waals surface area contributed by atoms with E-state index in [1.807, 2.05) is 24.4 Å². The molecular formula is C64H43N5. The molecule has 0 N–H and O–H groups in total. The molecule has 13 aromatic rings. The van der Waals surface area contributed by atoms with Crippen LogP contribution in [0.3, 0.4) is 0 Å². The van der Waals surface area contributed by atoms with Crippen molar-refractivity contribution in [1.82, 2.24) is 19.1 Å². The standard InChI is InChI=1S/C64H43N5/c1-5-20-45(21-6-1)62-61(43-65-64(66-62)46-22-7-2-8-23-46)67(49-24-9-3-10-25-49)52-41-47(44-36-38-51(39-37-44)68-58-33-16-13-28-54(58)55-29-14-17-34-59(55)68)40-48(42-52)53-31-19-32-57-56-30-15-18-35-60(56)69(63(53)57)50-26-11-4-12-27-50/h1-43H. The predicted octanol–water partition coefficient (Wildman–Crippen LogP) is 16.8. The third-order valence-electron chi connectivity index (χ3n) is 13.3. The minimum Gasteiger partial charge on any atom is -0.309 e. The summed E-state index contributed by atoms with van der Waals surface area (Å²) in [5.74, 6) is 0.671. The third-order valence-corrected chi connectivity index (χ3v) is 13.3. The molecule has 13 rings (SSSR count). The van der Waals surface area contributed by atoms with Crippen LogP contribution in [-0.2, 0) is 0 Å². The Morgan fingerprint density at radius 2 is 0.841 bits per heavy atom. The fraction of sp³-hybridized carbons (Fsp3) is 0. The van der Waals surface area contributed by atoms with E-state index in [1.54, 1.807) is 0 Å². The van der Waals surface area contributed by atoms with Gasteiger partial charge in [-0.25, -0.2) is 9.97 Å². The average molecular weight is 882 g/mol. The molecule has 0 saturated carbocycles. The van der Waals surface area contributed by atoms with Gasteiger partial charge in [0.05, 0.1) is 39.6 Å². The molecule has 0 unspecified atom stereocenters. The van der Waals surface area contributed by atoms with Gasteiger partial charge < -0.3 is 14.0 Å². The Hall–Kier alpha value is -9.32. The van der Waals surface area contributed by atoms with E-state index in [9.17, 15) is 0 Å². The molecule has 5 nitrogen and oxygen atoms in total. The van der Waals surface area contributed by atoms with Crippen molar-refractivity contribution in [3.05, 3.63) is 261 Å². The lowest BCUT2D eigenvalue weighted by molar-refractivity contribution is 1.14. The third kappa shape index (κ3) is 6.95. The van der Waals surface area contributed by atoms with Gasteiger partial charge in [-0.2, -0.15) is 0 Å². The van der Waals surface area contributed by atoms with Gasteiger partial charge in [-0.1, -0.05) is 182 Å². The van der Waals surface area contributed by atoms with Crippen LogP contribution < -0.4 is 4.90 Å². The van der Waals surface area contributed by atoms with E-state index in [4.69, 9.17) is 9.97 Å². The summed E-state index contributed by atoms with van der Waals surface area (Å²) >= 11 is 0. The van der Waals surface area contributed by atoms with Crippen molar-refractivity contribution in [2.75, 3.05) is 4.90 Å². The predicted molar refractivity (Wildman–Crippen MR) is 287 cm³/mol. The molecule has 69 heavy (non-hydrogen) atoms. The molecule has 10 aromatic carbocycles. The molecule has 0 radical (unpaired) electrons. The first-order valence-electron chi connectivity index (χ1n) is 23.4. The fourth-order valence-electron chi connectivity index (χ4n) is 10.2. The maximum absolute atomic E-state index is 5.38. The smallest absolute Gasteiger partial charge is 0.159 e. The summed E-state index contributed by atoms with van der Waals surface area (Å²) in [6.07, 6.45) is 1.99. The summed E-state index contributed by atoms with van der Waals surface area (Å²) in [4.78, 5) is 12.8. The molecule has 0 atom stereocenters. The SMILES string of the molecule is c1ccc(-c2ncc(N(c3ccccc3)c3cc(-c4ccc(-n5c6ccccc6c6ccccc65)cc4)cc(-c4cccc5c6ccccc6n(-c6ccccc6)c45)c3)c(-c3ccccc3)n2)cc1. The van der Waals surface area contributed by atoms with Crippen LogP contribution in [0.1, 0.15) is 0 Å². The summed E-state index contributed by atoms with van der Waals surface area (Å²) in [5.41, 5.74) is 17.0. The van der Waals surface area contributed by atoms with Crippen molar-refractivity contribution < 1.29 is 0 Å². The number of nitrogens with zero attached hydrogens (tertiary/aromatic N) is 5. The van der Waals surface area contributed by atoms with Gasteiger partial charge >= 0.3 is 0 Å². The summed E-state index contributed by atoms with van der Waals surface area (Å²) in [7, 11) is 0. The number of hydrogen-bond donors (Lipinski definition) is 0. The lowest BCUT2D eigenvalue weighted by atomic mass is 9.95. The minimum absolute atomic E-state index is 0.671. The number of aromatic nitrogens is 4. The summed E-state index contributed by atoms with van der Waals surface area (Å²) in [5, 5.41) is 4.90. The number of rotatable bonds is 9. The van der Waals surface area contributed by atoms with E-state index >= 15 is 0 Å². The first-order valence-corrected chi connectivity index (χ1v) is 23.4. The Kier molecular flexibility index (Phi) is 9.76. The van der Waals surface area contributed by atoms with Gasteiger partial charge in [-0.15, -0.1) is 0 Å². The summed E-state index contributed by atoms with van der Waals surface area (Å²) < 4.78 is 4.80. The highest BCUT2D eigenvalue weighted by Crippen LogP contribution is 2.45. The average Bonchev–Trinajstić information content (AvgIpc) is 3.95. The molecule has 324 valence electrons. The molecular weight excluding hydrogens is 839 g/mol. The Labute approximate surface area is 400 Å². The minimum atomic E-state index is 0.671. The van der Waals surface area contributed by atoms with E-state index in [-0.39, 0.29) is 0 Å². The number of benzene rings is 10. The van der Waals surface area contributed by atoms with Gasteiger partial charge in [-0.05, 0) is 89.5 Å². The van der Waals surface area contributed by atoms with Crippen molar-refractivity contribution in [2.24, 2.45) is 0 Å². The Balaban J connectivity index is 1.07. The fourth-order valence-corrected chi connectivity index (χ4v) is 10.2. The zero-order chi connectivity index (χ0) is 45.7. The highest BCUT2D eigenvalue weighted by molar-refractivity contribution is 6.14. The molecule has 0 amide bonds. The van der Waals surface area contributed by atoms with Crippen molar-refractivity contribution in [3.63, 3.8) is 0 Å². The molecule has 0 fully saturated rings. The Morgan fingerprint density at radius 3 is 1.49 bits per heavy atom. The number of para-hydroxylation sites is 6. The second-order valence-electron chi connectivity index (χ2n) is 17.4. The zero-order valence-corrected chi connectivity index (χ0v) is 37.6. The second kappa shape index (κ2) is 16.8. The quantitative estimate of drug-likeness (QED) is 0.145. The van der Waals surface area contributed by atoms with Crippen LogP contribution in [0.15, 0.2) is 261 Å². The topological polar surface area (TPSA) is 38.9 Å². The Morgan fingerprint density at radius 1 is 0.333 bits per heavy atom. The maximum Gasteiger partial charge on any atom is 0.159 e. The highest BCUT2D eigenvalue weighted by atomic mass is 15.2. The van der Waals surface area contributed by atoms with Crippen LogP contribution in [0, 0.1) is 0 Å². The van der Waals surface area contributed by atoms with Crippen LogP contribution in [0.4, 0.5) is 17.1 Å².